The molecule has 116 valence electrons. The van der Waals surface area contributed by atoms with Gasteiger partial charge in [0.15, 0.2) is 5.17 Å². The summed E-state index contributed by atoms with van der Waals surface area (Å²) in [5.74, 6) is -1.05. The summed E-state index contributed by atoms with van der Waals surface area (Å²) in [6.07, 6.45) is -0.0262. The zero-order valence-electron chi connectivity index (χ0n) is 12.0. The molecule has 1 aromatic rings. The molecular formula is C14H14ClN3O3S. The van der Waals surface area contributed by atoms with Crippen LogP contribution in [0.1, 0.15) is 18.9 Å². The molecule has 6 nitrogen and oxygen atoms in total. The average molecular weight is 340 g/mol. The highest BCUT2D eigenvalue weighted by atomic mass is 35.5. The van der Waals surface area contributed by atoms with E-state index in [4.69, 9.17) is 11.6 Å². The standard InChI is InChI=1S/C14H14ClN3O3S/c1-7-3-4-9(5-10(7)15)17-12(20)6-11-13(21)18-14(22-11)16-8(2)19/h3-5,11H,6H2,1-2H3,(H,17,20)(H,16,18,19,21)/t11-/m1/s1. The Morgan fingerprint density at radius 2 is 2.09 bits per heavy atom. The maximum atomic E-state index is 12.0. The van der Waals surface area contributed by atoms with Gasteiger partial charge in [0, 0.05) is 24.1 Å². The van der Waals surface area contributed by atoms with Crippen molar-refractivity contribution in [3.05, 3.63) is 28.8 Å². The van der Waals surface area contributed by atoms with Gasteiger partial charge in [0.1, 0.15) is 5.25 Å². The molecule has 1 atom stereocenters. The first-order valence-electron chi connectivity index (χ1n) is 6.48. The lowest BCUT2D eigenvalue weighted by Gasteiger charge is -2.09. The second-order valence-corrected chi connectivity index (χ2v) is 6.36. The lowest BCUT2D eigenvalue weighted by molar-refractivity contribution is -0.121. The van der Waals surface area contributed by atoms with Gasteiger partial charge in [-0.3, -0.25) is 14.4 Å². The van der Waals surface area contributed by atoms with Crippen molar-refractivity contribution in [1.82, 2.24) is 5.32 Å². The van der Waals surface area contributed by atoms with Gasteiger partial charge in [0.2, 0.25) is 11.8 Å². The first-order chi connectivity index (χ1) is 10.3. The van der Waals surface area contributed by atoms with Crippen LogP contribution in [0.25, 0.3) is 0 Å². The Balaban J connectivity index is 1.91. The molecule has 0 spiro atoms. The Morgan fingerprint density at radius 1 is 1.36 bits per heavy atom. The van der Waals surface area contributed by atoms with Gasteiger partial charge in [-0.05, 0) is 24.6 Å². The van der Waals surface area contributed by atoms with Crippen molar-refractivity contribution < 1.29 is 14.4 Å². The normalized spacial score (nSPS) is 17.1. The molecule has 22 heavy (non-hydrogen) atoms. The van der Waals surface area contributed by atoms with E-state index in [9.17, 15) is 14.4 Å². The predicted molar refractivity (Wildman–Crippen MR) is 87.1 cm³/mol. The molecule has 1 aromatic carbocycles. The van der Waals surface area contributed by atoms with Crippen LogP contribution < -0.4 is 10.6 Å². The van der Waals surface area contributed by atoms with Gasteiger partial charge in [0.25, 0.3) is 5.91 Å². The molecule has 2 rings (SSSR count). The second kappa shape index (κ2) is 6.93. The van der Waals surface area contributed by atoms with Crippen molar-refractivity contribution in [2.75, 3.05) is 5.32 Å². The number of aryl methyl sites for hydroxylation is 1. The monoisotopic (exact) mass is 339 g/mol. The minimum atomic E-state index is -0.622. The van der Waals surface area contributed by atoms with E-state index in [1.807, 2.05) is 6.92 Å². The van der Waals surface area contributed by atoms with Gasteiger partial charge in [-0.25, -0.2) is 0 Å². The van der Waals surface area contributed by atoms with Gasteiger partial charge >= 0.3 is 0 Å². The third-order valence-electron chi connectivity index (χ3n) is 2.85. The lowest BCUT2D eigenvalue weighted by atomic mass is 10.2. The van der Waals surface area contributed by atoms with E-state index in [1.165, 1.54) is 6.92 Å². The Labute approximate surface area is 136 Å². The fourth-order valence-electron chi connectivity index (χ4n) is 1.77. The third kappa shape index (κ3) is 4.32. The minimum absolute atomic E-state index is 0.0262. The van der Waals surface area contributed by atoms with E-state index in [0.29, 0.717) is 10.7 Å². The fourth-order valence-corrected chi connectivity index (χ4v) is 2.96. The lowest BCUT2D eigenvalue weighted by Crippen LogP contribution is -2.25. The Kier molecular flexibility index (Phi) is 5.20. The summed E-state index contributed by atoms with van der Waals surface area (Å²) in [6, 6.07) is 5.19. The van der Waals surface area contributed by atoms with E-state index < -0.39 is 11.2 Å². The Bertz CT molecular complexity index is 675. The molecule has 0 radical (unpaired) electrons. The van der Waals surface area contributed by atoms with Crippen molar-refractivity contribution >= 4 is 51.9 Å². The first-order valence-corrected chi connectivity index (χ1v) is 7.73. The van der Waals surface area contributed by atoms with Gasteiger partial charge in [-0.1, -0.05) is 29.4 Å². The smallest absolute Gasteiger partial charge is 0.262 e. The second-order valence-electron chi connectivity index (χ2n) is 4.76. The molecule has 0 fully saturated rings. The predicted octanol–water partition coefficient (Wildman–Crippen LogP) is 2.11. The molecular weight excluding hydrogens is 326 g/mol. The largest absolute Gasteiger partial charge is 0.326 e. The van der Waals surface area contributed by atoms with Gasteiger partial charge in [-0.2, -0.15) is 4.99 Å². The number of thioether (sulfide) groups is 1. The van der Waals surface area contributed by atoms with E-state index in [0.717, 1.165) is 17.3 Å². The highest BCUT2D eigenvalue weighted by molar-refractivity contribution is 8.15. The highest BCUT2D eigenvalue weighted by Gasteiger charge is 2.30. The minimum Gasteiger partial charge on any atom is -0.326 e. The summed E-state index contributed by atoms with van der Waals surface area (Å²) in [5, 5.41) is 5.29. The zero-order valence-corrected chi connectivity index (χ0v) is 13.5. The maximum absolute atomic E-state index is 12.0. The molecule has 0 aliphatic carbocycles. The van der Waals surface area contributed by atoms with Crippen LogP contribution in [0.5, 0.6) is 0 Å². The molecule has 0 aromatic heterocycles. The summed E-state index contributed by atoms with van der Waals surface area (Å²) < 4.78 is 0. The number of nitrogens with zero attached hydrogens (tertiary/aromatic N) is 1. The van der Waals surface area contributed by atoms with Gasteiger partial charge < -0.3 is 10.6 Å². The molecule has 0 bridgehead atoms. The van der Waals surface area contributed by atoms with Crippen molar-refractivity contribution in [3.63, 3.8) is 0 Å². The third-order valence-corrected chi connectivity index (χ3v) is 4.33. The first kappa shape index (κ1) is 16.5. The number of amides is 3. The number of carbonyl (C=O) groups is 3. The Hall–Kier alpha value is -1.86. The number of carbonyl (C=O) groups excluding carboxylic acids is 3. The van der Waals surface area contributed by atoms with E-state index in [1.54, 1.807) is 18.2 Å². The van der Waals surface area contributed by atoms with E-state index in [-0.39, 0.29) is 23.4 Å². The SMILES string of the molecule is CC(=O)NC1=NC(=O)[C@@H](CC(=O)Nc2ccc(C)c(Cl)c2)S1. The van der Waals surface area contributed by atoms with Crippen LogP contribution in [0.15, 0.2) is 23.2 Å². The number of anilines is 1. The van der Waals surface area contributed by atoms with Crippen LogP contribution >= 0.6 is 23.4 Å². The van der Waals surface area contributed by atoms with E-state index >= 15 is 0 Å². The van der Waals surface area contributed by atoms with Gasteiger partial charge in [0.05, 0.1) is 0 Å². The zero-order chi connectivity index (χ0) is 16.3. The number of rotatable bonds is 3. The van der Waals surface area contributed by atoms with Crippen LogP contribution in [-0.4, -0.2) is 28.1 Å². The number of nitrogens with one attached hydrogen (secondary N) is 2. The number of halogens is 1. The number of hydrogen-bond donors (Lipinski definition) is 2. The molecule has 0 saturated heterocycles. The molecule has 0 saturated carbocycles. The number of benzene rings is 1. The van der Waals surface area contributed by atoms with Crippen LogP contribution in [0.4, 0.5) is 5.69 Å². The summed E-state index contributed by atoms with van der Waals surface area (Å²) in [4.78, 5) is 38.3. The van der Waals surface area contributed by atoms with Crippen molar-refractivity contribution in [2.24, 2.45) is 4.99 Å². The van der Waals surface area contributed by atoms with Crippen LogP contribution in [0.3, 0.4) is 0 Å². The summed E-state index contributed by atoms with van der Waals surface area (Å²) in [5.41, 5.74) is 1.48. The van der Waals surface area contributed by atoms with Gasteiger partial charge in [-0.15, -0.1) is 0 Å². The molecule has 3 amide bonds. The van der Waals surface area contributed by atoms with Crippen molar-refractivity contribution in [2.45, 2.75) is 25.5 Å². The van der Waals surface area contributed by atoms with Crippen LogP contribution in [0.2, 0.25) is 5.02 Å². The quantitative estimate of drug-likeness (QED) is 0.882. The fraction of sp³-hybridized carbons (Fsp3) is 0.286. The molecule has 0 unspecified atom stereocenters. The summed E-state index contributed by atoms with van der Waals surface area (Å²) >= 11 is 7.06. The van der Waals surface area contributed by atoms with Crippen molar-refractivity contribution in [3.8, 4) is 0 Å². The number of aliphatic imine (C=N–C) groups is 1. The summed E-state index contributed by atoms with van der Waals surface area (Å²) in [6.45, 7) is 3.19. The average Bonchev–Trinajstić information content (AvgIpc) is 2.73. The molecule has 1 aliphatic heterocycles. The Morgan fingerprint density at radius 3 is 2.73 bits per heavy atom. The maximum Gasteiger partial charge on any atom is 0.262 e. The molecule has 2 N–H and O–H groups in total. The molecule has 1 heterocycles. The molecule has 8 heteroatoms. The molecule has 1 aliphatic rings. The highest BCUT2D eigenvalue weighted by Crippen LogP contribution is 2.25. The number of amidine groups is 1. The van der Waals surface area contributed by atoms with Crippen LogP contribution in [-0.2, 0) is 14.4 Å². The number of hydrogen-bond acceptors (Lipinski definition) is 4. The van der Waals surface area contributed by atoms with E-state index in [2.05, 4.69) is 15.6 Å². The van der Waals surface area contributed by atoms with Crippen molar-refractivity contribution in [1.29, 1.82) is 0 Å². The van der Waals surface area contributed by atoms with Crippen LogP contribution in [0, 0.1) is 6.92 Å². The summed E-state index contributed by atoms with van der Waals surface area (Å²) in [7, 11) is 0. The topological polar surface area (TPSA) is 87.6 Å².